The van der Waals surface area contributed by atoms with Crippen LogP contribution in [-0.4, -0.2) is 19.0 Å². The lowest BCUT2D eigenvalue weighted by Crippen LogP contribution is -2.32. The molecule has 0 atom stereocenters. The summed E-state index contributed by atoms with van der Waals surface area (Å²) < 4.78 is 0. The quantitative estimate of drug-likeness (QED) is 0.708. The molecule has 3 nitrogen and oxygen atoms in total. The van der Waals surface area contributed by atoms with Gasteiger partial charge in [-0.05, 0) is 11.4 Å². The SMILES string of the molecule is c1csc(CNC2=NCCN2)c1. The molecule has 0 bridgehead atoms. The molecule has 2 heterocycles. The maximum Gasteiger partial charge on any atom is 0.191 e. The van der Waals surface area contributed by atoms with Gasteiger partial charge in [0.2, 0.25) is 0 Å². The smallest absolute Gasteiger partial charge is 0.191 e. The molecule has 0 radical (unpaired) electrons. The second kappa shape index (κ2) is 3.58. The molecule has 1 aromatic rings. The standard InChI is InChI=1S/C8H11N3S/c1-2-7(12-5-1)6-11-8-9-3-4-10-8/h1-2,5H,3-4,6H2,(H2,9,10,11). The van der Waals surface area contributed by atoms with Gasteiger partial charge in [0.25, 0.3) is 0 Å². The summed E-state index contributed by atoms with van der Waals surface area (Å²) in [6.07, 6.45) is 0. The lowest BCUT2D eigenvalue weighted by Gasteiger charge is -2.03. The fraction of sp³-hybridized carbons (Fsp3) is 0.375. The Bertz CT molecular complexity index is 266. The minimum atomic E-state index is 0.878. The van der Waals surface area contributed by atoms with E-state index in [-0.39, 0.29) is 0 Å². The van der Waals surface area contributed by atoms with E-state index in [0.717, 1.165) is 25.6 Å². The normalized spacial score (nSPS) is 15.5. The molecule has 2 N–H and O–H groups in total. The van der Waals surface area contributed by atoms with Crippen LogP contribution in [-0.2, 0) is 6.54 Å². The van der Waals surface area contributed by atoms with Crippen molar-refractivity contribution in [3.05, 3.63) is 22.4 Å². The predicted octanol–water partition coefficient (Wildman–Crippen LogP) is 0.797. The van der Waals surface area contributed by atoms with Crippen molar-refractivity contribution in [3.63, 3.8) is 0 Å². The van der Waals surface area contributed by atoms with Crippen molar-refractivity contribution in [2.45, 2.75) is 6.54 Å². The monoisotopic (exact) mass is 181 g/mol. The first-order chi connectivity index (χ1) is 5.95. The van der Waals surface area contributed by atoms with Crippen LogP contribution in [0.2, 0.25) is 0 Å². The van der Waals surface area contributed by atoms with E-state index in [4.69, 9.17) is 0 Å². The highest BCUT2D eigenvalue weighted by Gasteiger charge is 2.03. The van der Waals surface area contributed by atoms with Crippen LogP contribution in [0.4, 0.5) is 0 Å². The fourth-order valence-corrected chi connectivity index (χ4v) is 1.74. The summed E-state index contributed by atoms with van der Waals surface area (Å²) >= 11 is 1.76. The summed E-state index contributed by atoms with van der Waals surface area (Å²) in [5.41, 5.74) is 0. The molecule has 0 saturated heterocycles. The number of guanidine groups is 1. The van der Waals surface area contributed by atoms with Crippen LogP contribution in [0.25, 0.3) is 0 Å². The van der Waals surface area contributed by atoms with Crippen LogP contribution in [0, 0.1) is 0 Å². The molecule has 0 fully saturated rings. The van der Waals surface area contributed by atoms with Gasteiger partial charge in [0, 0.05) is 11.4 Å². The second-order valence-corrected chi connectivity index (χ2v) is 3.62. The van der Waals surface area contributed by atoms with E-state index in [2.05, 4.69) is 33.1 Å². The average molecular weight is 181 g/mol. The van der Waals surface area contributed by atoms with E-state index in [1.807, 2.05) is 0 Å². The lowest BCUT2D eigenvalue weighted by molar-refractivity contribution is 0.878. The third-order valence-corrected chi connectivity index (χ3v) is 2.56. The van der Waals surface area contributed by atoms with E-state index < -0.39 is 0 Å². The minimum Gasteiger partial charge on any atom is -0.355 e. The summed E-state index contributed by atoms with van der Waals surface area (Å²) in [5, 5.41) is 8.48. The molecular weight excluding hydrogens is 170 g/mol. The van der Waals surface area contributed by atoms with Crippen molar-refractivity contribution in [1.82, 2.24) is 10.6 Å². The second-order valence-electron chi connectivity index (χ2n) is 2.59. The first-order valence-electron chi connectivity index (χ1n) is 4.00. The molecule has 1 aromatic heterocycles. The van der Waals surface area contributed by atoms with Gasteiger partial charge in [-0.25, -0.2) is 0 Å². The maximum atomic E-state index is 4.23. The van der Waals surface area contributed by atoms with Gasteiger partial charge in [0.15, 0.2) is 5.96 Å². The Balaban J connectivity index is 1.82. The van der Waals surface area contributed by atoms with Crippen molar-refractivity contribution in [2.24, 2.45) is 4.99 Å². The summed E-state index contributed by atoms with van der Waals surface area (Å²) in [4.78, 5) is 5.57. The average Bonchev–Trinajstić information content (AvgIpc) is 2.74. The molecule has 1 aliphatic rings. The van der Waals surface area contributed by atoms with Gasteiger partial charge in [-0.2, -0.15) is 0 Å². The van der Waals surface area contributed by atoms with Crippen LogP contribution >= 0.6 is 11.3 Å². The molecule has 0 saturated carbocycles. The van der Waals surface area contributed by atoms with Gasteiger partial charge >= 0.3 is 0 Å². The Labute approximate surface area is 75.5 Å². The minimum absolute atomic E-state index is 0.878. The van der Waals surface area contributed by atoms with Crippen molar-refractivity contribution >= 4 is 17.3 Å². The van der Waals surface area contributed by atoms with E-state index in [1.165, 1.54) is 4.88 Å². The van der Waals surface area contributed by atoms with Gasteiger partial charge in [-0.3, -0.25) is 4.99 Å². The first kappa shape index (κ1) is 7.61. The van der Waals surface area contributed by atoms with Crippen LogP contribution in [0.15, 0.2) is 22.5 Å². The zero-order chi connectivity index (χ0) is 8.23. The summed E-state index contributed by atoms with van der Waals surface area (Å²) in [7, 11) is 0. The van der Waals surface area contributed by atoms with E-state index in [1.54, 1.807) is 11.3 Å². The third kappa shape index (κ3) is 1.76. The molecule has 0 amide bonds. The molecule has 0 aliphatic carbocycles. The number of aliphatic imine (C=N–C) groups is 1. The van der Waals surface area contributed by atoms with Crippen molar-refractivity contribution in [2.75, 3.05) is 13.1 Å². The molecule has 64 valence electrons. The molecule has 0 aromatic carbocycles. The number of nitrogens with zero attached hydrogens (tertiary/aromatic N) is 1. The zero-order valence-corrected chi connectivity index (χ0v) is 7.53. The summed E-state index contributed by atoms with van der Waals surface area (Å²) in [6, 6.07) is 4.18. The van der Waals surface area contributed by atoms with Crippen LogP contribution < -0.4 is 10.6 Å². The Morgan fingerprint density at radius 1 is 1.67 bits per heavy atom. The van der Waals surface area contributed by atoms with Crippen LogP contribution in [0.3, 0.4) is 0 Å². The Hall–Kier alpha value is -1.03. The third-order valence-electron chi connectivity index (χ3n) is 1.68. The highest BCUT2D eigenvalue weighted by atomic mass is 32.1. The number of nitrogens with one attached hydrogen (secondary N) is 2. The Kier molecular flexibility index (Phi) is 2.27. The van der Waals surface area contributed by atoms with Crippen LogP contribution in [0.1, 0.15) is 4.88 Å². The molecule has 0 unspecified atom stereocenters. The highest BCUT2D eigenvalue weighted by molar-refractivity contribution is 7.09. The molecule has 0 spiro atoms. The Morgan fingerprint density at radius 3 is 3.33 bits per heavy atom. The van der Waals surface area contributed by atoms with Crippen molar-refractivity contribution in [3.8, 4) is 0 Å². The summed E-state index contributed by atoms with van der Waals surface area (Å²) in [5.74, 6) is 0.934. The Morgan fingerprint density at radius 2 is 2.67 bits per heavy atom. The summed E-state index contributed by atoms with van der Waals surface area (Å²) in [6.45, 7) is 2.74. The van der Waals surface area contributed by atoms with Gasteiger partial charge in [0.05, 0.1) is 13.1 Å². The first-order valence-corrected chi connectivity index (χ1v) is 4.88. The predicted molar refractivity (Wildman–Crippen MR) is 51.5 cm³/mol. The molecule has 2 rings (SSSR count). The van der Waals surface area contributed by atoms with E-state index in [0.29, 0.717) is 0 Å². The van der Waals surface area contributed by atoms with Gasteiger partial charge < -0.3 is 10.6 Å². The highest BCUT2D eigenvalue weighted by Crippen LogP contribution is 2.07. The molecule has 12 heavy (non-hydrogen) atoms. The topological polar surface area (TPSA) is 36.4 Å². The molecule has 4 heteroatoms. The molecule has 1 aliphatic heterocycles. The van der Waals surface area contributed by atoms with E-state index >= 15 is 0 Å². The lowest BCUT2D eigenvalue weighted by atomic mass is 10.5. The number of thiophene rings is 1. The largest absolute Gasteiger partial charge is 0.355 e. The van der Waals surface area contributed by atoms with Crippen molar-refractivity contribution in [1.29, 1.82) is 0 Å². The number of rotatable bonds is 2. The van der Waals surface area contributed by atoms with Gasteiger partial charge in [-0.1, -0.05) is 6.07 Å². The van der Waals surface area contributed by atoms with Crippen molar-refractivity contribution < 1.29 is 0 Å². The molecular formula is C8H11N3S. The number of hydrogen-bond acceptors (Lipinski definition) is 4. The fourth-order valence-electron chi connectivity index (χ4n) is 1.10. The maximum absolute atomic E-state index is 4.23. The number of hydrogen-bond donors (Lipinski definition) is 2. The zero-order valence-electron chi connectivity index (χ0n) is 6.71. The van der Waals surface area contributed by atoms with E-state index in [9.17, 15) is 0 Å². The van der Waals surface area contributed by atoms with Gasteiger partial charge in [0.1, 0.15) is 0 Å². The van der Waals surface area contributed by atoms with Crippen LogP contribution in [0.5, 0.6) is 0 Å². The van der Waals surface area contributed by atoms with Gasteiger partial charge in [-0.15, -0.1) is 11.3 Å².